The van der Waals surface area contributed by atoms with E-state index in [1.807, 2.05) is 6.20 Å². The van der Waals surface area contributed by atoms with Crippen LogP contribution in [0.15, 0.2) is 23.3 Å². The van der Waals surface area contributed by atoms with Crippen molar-refractivity contribution in [3.05, 3.63) is 23.9 Å². The number of hydrogen-bond donors (Lipinski definition) is 2. The molecule has 5 nitrogen and oxygen atoms in total. The summed E-state index contributed by atoms with van der Waals surface area (Å²) in [6.45, 7) is 5.94. The first kappa shape index (κ1) is 14.2. The van der Waals surface area contributed by atoms with Crippen LogP contribution in [0.25, 0.3) is 0 Å². The van der Waals surface area contributed by atoms with Gasteiger partial charge in [-0.15, -0.1) is 0 Å². The normalized spacial score (nSPS) is 18.9. The van der Waals surface area contributed by atoms with Crippen LogP contribution in [0, 0.1) is 0 Å². The van der Waals surface area contributed by atoms with Gasteiger partial charge in [-0.2, -0.15) is 0 Å². The van der Waals surface area contributed by atoms with Crippen LogP contribution >= 0.6 is 0 Å². The molecule has 21 heavy (non-hydrogen) atoms. The van der Waals surface area contributed by atoms with Gasteiger partial charge in [0.1, 0.15) is 5.82 Å². The Kier molecular flexibility index (Phi) is 4.58. The van der Waals surface area contributed by atoms with Gasteiger partial charge >= 0.3 is 0 Å². The van der Waals surface area contributed by atoms with Gasteiger partial charge in [0.15, 0.2) is 5.96 Å². The largest absolute Gasteiger partial charge is 0.357 e. The van der Waals surface area contributed by atoms with E-state index in [0.717, 1.165) is 37.0 Å². The first-order valence-electron chi connectivity index (χ1n) is 8.10. The van der Waals surface area contributed by atoms with Crippen molar-refractivity contribution in [2.45, 2.75) is 45.2 Å². The molecule has 2 N–H and O–H groups in total. The highest BCUT2D eigenvalue weighted by atomic mass is 15.2. The molecule has 0 spiro atoms. The smallest absolute Gasteiger partial charge is 0.191 e. The highest BCUT2D eigenvalue weighted by Gasteiger charge is 2.22. The number of guanidine groups is 1. The predicted octanol–water partition coefficient (Wildman–Crippen LogP) is 1.90. The van der Waals surface area contributed by atoms with E-state index in [0.29, 0.717) is 12.6 Å². The summed E-state index contributed by atoms with van der Waals surface area (Å²) in [5.41, 5.74) is 1.16. The number of pyridine rings is 1. The lowest BCUT2D eigenvalue weighted by Crippen LogP contribution is -2.38. The fourth-order valence-corrected chi connectivity index (χ4v) is 2.55. The van der Waals surface area contributed by atoms with E-state index in [4.69, 9.17) is 0 Å². The standard InChI is InChI=1S/C16H25N5/c1-2-17-16(20-14-6-7-14)19-12-13-5-8-15(18-11-13)21-9-3-4-10-21/h5,8,11,14H,2-4,6-7,9-10,12H2,1H3,(H2,17,19,20). The molecule has 0 amide bonds. The van der Waals surface area contributed by atoms with Crippen LogP contribution < -0.4 is 15.5 Å². The number of hydrogen-bond acceptors (Lipinski definition) is 3. The highest BCUT2D eigenvalue weighted by molar-refractivity contribution is 5.80. The number of aliphatic imine (C=N–C) groups is 1. The van der Waals surface area contributed by atoms with Crippen molar-refractivity contribution in [3.63, 3.8) is 0 Å². The average molecular weight is 287 g/mol. The molecule has 1 aliphatic carbocycles. The second-order valence-corrected chi connectivity index (χ2v) is 5.83. The van der Waals surface area contributed by atoms with Crippen molar-refractivity contribution in [1.29, 1.82) is 0 Å². The van der Waals surface area contributed by atoms with Gasteiger partial charge < -0.3 is 15.5 Å². The van der Waals surface area contributed by atoms with Crippen LogP contribution in [0.4, 0.5) is 5.82 Å². The van der Waals surface area contributed by atoms with Crippen LogP contribution in [0.2, 0.25) is 0 Å². The molecule has 114 valence electrons. The van der Waals surface area contributed by atoms with Crippen molar-refractivity contribution in [2.75, 3.05) is 24.5 Å². The fourth-order valence-electron chi connectivity index (χ4n) is 2.55. The molecule has 2 heterocycles. The van der Waals surface area contributed by atoms with Gasteiger partial charge in [-0.3, -0.25) is 0 Å². The summed E-state index contributed by atoms with van der Waals surface area (Å²) in [5, 5.41) is 6.72. The fraction of sp³-hybridized carbons (Fsp3) is 0.625. The zero-order valence-electron chi connectivity index (χ0n) is 12.8. The number of anilines is 1. The third-order valence-corrected chi connectivity index (χ3v) is 3.92. The molecule has 1 saturated carbocycles. The van der Waals surface area contributed by atoms with Gasteiger partial charge in [0.05, 0.1) is 6.54 Å². The number of nitrogens with one attached hydrogen (secondary N) is 2. The molecule has 0 atom stereocenters. The minimum atomic E-state index is 0.624. The Morgan fingerprint density at radius 3 is 2.76 bits per heavy atom. The molecule has 0 unspecified atom stereocenters. The topological polar surface area (TPSA) is 52.6 Å². The number of nitrogens with zero attached hydrogens (tertiary/aromatic N) is 3. The Labute approximate surface area is 126 Å². The highest BCUT2D eigenvalue weighted by Crippen LogP contribution is 2.19. The summed E-state index contributed by atoms with van der Waals surface area (Å²) < 4.78 is 0. The molecule has 1 aliphatic heterocycles. The quantitative estimate of drug-likeness (QED) is 0.641. The molecule has 0 aromatic carbocycles. The second-order valence-electron chi connectivity index (χ2n) is 5.83. The third-order valence-electron chi connectivity index (χ3n) is 3.92. The SMILES string of the molecule is CCNC(=NCc1ccc(N2CCCC2)nc1)NC1CC1. The Balaban J connectivity index is 1.57. The Hall–Kier alpha value is -1.78. The molecule has 1 saturated heterocycles. The zero-order valence-corrected chi connectivity index (χ0v) is 12.8. The Morgan fingerprint density at radius 1 is 1.33 bits per heavy atom. The van der Waals surface area contributed by atoms with E-state index in [-0.39, 0.29) is 0 Å². The van der Waals surface area contributed by atoms with Gasteiger partial charge in [-0.25, -0.2) is 9.98 Å². The minimum absolute atomic E-state index is 0.624. The molecule has 3 rings (SSSR count). The Bertz CT molecular complexity index is 472. The molecule has 2 aliphatic rings. The van der Waals surface area contributed by atoms with E-state index in [1.165, 1.54) is 25.7 Å². The molecule has 5 heteroatoms. The molecule has 0 bridgehead atoms. The van der Waals surface area contributed by atoms with Crippen molar-refractivity contribution in [2.24, 2.45) is 4.99 Å². The zero-order chi connectivity index (χ0) is 14.5. The summed E-state index contributed by atoms with van der Waals surface area (Å²) in [5.74, 6) is 2.02. The molecule has 1 aromatic rings. The average Bonchev–Trinajstić information content (AvgIpc) is 3.16. The van der Waals surface area contributed by atoms with E-state index in [1.54, 1.807) is 0 Å². The molecule has 2 fully saturated rings. The third kappa shape index (κ3) is 4.09. The van der Waals surface area contributed by atoms with E-state index >= 15 is 0 Å². The maximum absolute atomic E-state index is 4.63. The first-order chi connectivity index (χ1) is 10.3. The van der Waals surface area contributed by atoms with Crippen LogP contribution in [0.1, 0.15) is 38.2 Å². The lowest BCUT2D eigenvalue weighted by atomic mass is 10.3. The predicted molar refractivity (Wildman–Crippen MR) is 86.7 cm³/mol. The second kappa shape index (κ2) is 6.78. The molecule has 0 radical (unpaired) electrons. The van der Waals surface area contributed by atoms with Gasteiger partial charge in [-0.1, -0.05) is 6.07 Å². The minimum Gasteiger partial charge on any atom is -0.357 e. The van der Waals surface area contributed by atoms with E-state index in [9.17, 15) is 0 Å². The van der Waals surface area contributed by atoms with Crippen LogP contribution in [0.3, 0.4) is 0 Å². The van der Waals surface area contributed by atoms with Gasteiger partial charge in [0, 0.05) is 31.9 Å². The van der Waals surface area contributed by atoms with Crippen molar-refractivity contribution in [3.8, 4) is 0 Å². The van der Waals surface area contributed by atoms with E-state index < -0.39 is 0 Å². The summed E-state index contributed by atoms with van der Waals surface area (Å²) in [4.78, 5) is 11.6. The monoisotopic (exact) mass is 287 g/mol. The van der Waals surface area contributed by atoms with Gasteiger partial charge in [0.2, 0.25) is 0 Å². The lowest BCUT2D eigenvalue weighted by Gasteiger charge is -2.16. The van der Waals surface area contributed by atoms with Gasteiger partial charge in [-0.05, 0) is 44.2 Å². The Morgan fingerprint density at radius 2 is 2.14 bits per heavy atom. The summed E-state index contributed by atoms with van der Waals surface area (Å²) in [7, 11) is 0. The summed E-state index contributed by atoms with van der Waals surface area (Å²) >= 11 is 0. The molecular weight excluding hydrogens is 262 g/mol. The summed E-state index contributed by atoms with van der Waals surface area (Å²) in [6.07, 6.45) is 7.05. The maximum Gasteiger partial charge on any atom is 0.191 e. The lowest BCUT2D eigenvalue weighted by molar-refractivity contribution is 0.811. The molecular formula is C16H25N5. The van der Waals surface area contributed by atoms with Crippen LogP contribution in [-0.2, 0) is 6.54 Å². The first-order valence-corrected chi connectivity index (χ1v) is 8.10. The van der Waals surface area contributed by atoms with Crippen molar-refractivity contribution >= 4 is 11.8 Å². The van der Waals surface area contributed by atoms with Crippen molar-refractivity contribution < 1.29 is 0 Å². The van der Waals surface area contributed by atoms with Crippen LogP contribution in [0.5, 0.6) is 0 Å². The summed E-state index contributed by atoms with van der Waals surface area (Å²) in [6, 6.07) is 4.89. The maximum atomic E-state index is 4.63. The van der Waals surface area contributed by atoms with Crippen molar-refractivity contribution in [1.82, 2.24) is 15.6 Å². The number of rotatable bonds is 5. The van der Waals surface area contributed by atoms with Gasteiger partial charge in [0.25, 0.3) is 0 Å². The van der Waals surface area contributed by atoms with Crippen LogP contribution in [-0.4, -0.2) is 36.6 Å². The van der Waals surface area contributed by atoms with E-state index in [2.05, 4.69) is 44.6 Å². The number of aromatic nitrogens is 1. The molecule has 1 aromatic heterocycles.